The van der Waals surface area contributed by atoms with Gasteiger partial charge in [0.15, 0.2) is 0 Å². The number of nitrogens with one attached hydrogen (secondary N) is 3. The number of ether oxygens (including phenoxy) is 1. The highest BCUT2D eigenvalue weighted by molar-refractivity contribution is 5.02. The summed E-state index contributed by atoms with van der Waals surface area (Å²) in [5, 5.41) is 30.4. The summed E-state index contributed by atoms with van der Waals surface area (Å²) >= 11 is 0. The third-order valence-electron chi connectivity index (χ3n) is 4.92. The van der Waals surface area contributed by atoms with Crippen molar-refractivity contribution in [1.82, 2.24) is 25.8 Å². The fraction of sp³-hybridized carbons (Fsp3) is 1.00. The van der Waals surface area contributed by atoms with Crippen LogP contribution in [0, 0.1) is 0 Å². The van der Waals surface area contributed by atoms with Crippen LogP contribution in [0.4, 0.5) is 0 Å². The van der Waals surface area contributed by atoms with Gasteiger partial charge in [0, 0.05) is 19.6 Å². The first-order valence-electron chi connectivity index (χ1n) is 8.15. The van der Waals surface area contributed by atoms with Crippen LogP contribution in [0.1, 0.15) is 0 Å². The molecule has 0 radical (unpaired) electrons. The van der Waals surface area contributed by atoms with Crippen molar-refractivity contribution in [2.45, 2.75) is 42.9 Å². The smallest absolute Gasteiger partial charge is 0.142 e. The Bertz CT molecular complexity index is 404. The molecule has 3 unspecified atom stereocenters. The molecule has 0 bridgehead atoms. The van der Waals surface area contributed by atoms with Crippen LogP contribution in [-0.2, 0) is 4.74 Å². The zero-order valence-corrected chi connectivity index (χ0v) is 13.4. The lowest BCUT2D eigenvalue weighted by molar-refractivity contribution is -0.124. The summed E-state index contributed by atoms with van der Waals surface area (Å²) in [6.45, 7) is 2.83. The molecule has 134 valence electrons. The summed E-state index contributed by atoms with van der Waals surface area (Å²) in [4.78, 5) is 4.15. The minimum absolute atomic E-state index is 0.00820. The average molecular weight is 331 g/mol. The van der Waals surface area contributed by atoms with Crippen molar-refractivity contribution in [3.8, 4) is 0 Å². The van der Waals surface area contributed by atoms with Crippen molar-refractivity contribution in [2.75, 3.05) is 40.0 Å². The lowest BCUT2D eigenvalue weighted by atomic mass is 10.1. The maximum atomic E-state index is 10.4. The van der Waals surface area contributed by atoms with E-state index in [1.807, 2.05) is 11.9 Å². The molecule has 0 aromatic heterocycles. The fourth-order valence-electron chi connectivity index (χ4n) is 3.68. The van der Waals surface area contributed by atoms with Gasteiger partial charge < -0.3 is 31.7 Å². The van der Waals surface area contributed by atoms with Gasteiger partial charge in [0.1, 0.15) is 24.5 Å². The quantitative estimate of drug-likeness (QED) is 0.245. The van der Waals surface area contributed by atoms with Gasteiger partial charge in [0.25, 0.3) is 0 Å². The molecule has 3 aliphatic rings. The van der Waals surface area contributed by atoms with Crippen LogP contribution in [0.2, 0.25) is 0 Å². The molecular weight excluding hydrogens is 302 g/mol. The molecule has 3 rings (SSSR count). The summed E-state index contributed by atoms with van der Waals surface area (Å²) < 4.78 is 5.94. The summed E-state index contributed by atoms with van der Waals surface area (Å²) in [7, 11) is 1.99. The number of hydrogen-bond acceptors (Lipinski definition) is 10. The molecule has 0 aromatic rings. The van der Waals surface area contributed by atoms with Crippen molar-refractivity contribution >= 4 is 0 Å². The Labute approximate surface area is 136 Å². The van der Waals surface area contributed by atoms with Crippen LogP contribution >= 0.6 is 0 Å². The van der Waals surface area contributed by atoms with E-state index in [0.717, 1.165) is 0 Å². The van der Waals surface area contributed by atoms with E-state index < -0.39 is 24.5 Å². The number of nitrogens with two attached hydrogens (primary N) is 2. The summed E-state index contributed by atoms with van der Waals surface area (Å²) in [5.41, 5.74) is 11.6. The van der Waals surface area contributed by atoms with Crippen LogP contribution in [0.15, 0.2) is 0 Å². The van der Waals surface area contributed by atoms with Crippen LogP contribution in [-0.4, -0.2) is 103 Å². The SMILES string of the molecule is CN1CNC(N)C2NCN([C@@H]3O[C@H](CNCCN)[C@@H](O)[C@H]3O)C21. The first-order valence-corrected chi connectivity index (χ1v) is 8.15. The maximum absolute atomic E-state index is 10.4. The highest BCUT2D eigenvalue weighted by Crippen LogP contribution is 2.30. The molecule has 0 amide bonds. The number of aliphatic hydroxyl groups is 2. The van der Waals surface area contributed by atoms with E-state index in [-0.39, 0.29) is 18.4 Å². The topological polar surface area (TPSA) is 144 Å². The van der Waals surface area contributed by atoms with Gasteiger partial charge >= 0.3 is 0 Å². The molecule has 3 heterocycles. The largest absolute Gasteiger partial charge is 0.387 e. The number of likely N-dealkylation sites (N-methyl/N-ethyl adjacent to an activating group) is 1. The number of hydrogen-bond donors (Lipinski definition) is 7. The second kappa shape index (κ2) is 7.23. The van der Waals surface area contributed by atoms with Crippen LogP contribution in [0.3, 0.4) is 0 Å². The van der Waals surface area contributed by atoms with Crippen molar-refractivity contribution in [3.05, 3.63) is 0 Å². The third-order valence-corrected chi connectivity index (χ3v) is 4.92. The van der Waals surface area contributed by atoms with E-state index in [0.29, 0.717) is 33.0 Å². The minimum Gasteiger partial charge on any atom is -0.387 e. The van der Waals surface area contributed by atoms with E-state index in [1.54, 1.807) is 0 Å². The van der Waals surface area contributed by atoms with Gasteiger partial charge in [-0.25, -0.2) is 4.90 Å². The van der Waals surface area contributed by atoms with Crippen molar-refractivity contribution < 1.29 is 14.9 Å². The monoisotopic (exact) mass is 331 g/mol. The molecule has 23 heavy (non-hydrogen) atoms. The maximum Gasteiger partial charge on any atom is 0.142 e. The Morgan fingerprint density at radius 2 is 2.04 bits per heavy atom. The molecule has 0 spiro atoms. The number of nitrogens with zero attached hydrogens (tertiary/aromatic N) is 2. The zero-order chi connectivity index (χ0) is 16.6. The standard InChI is InChI=1S/C13H29N7O3/c1-19-5-18-11(15)8-12(19)20(6-17-8)13-10(22)9(21)7(23-13)4-16-3-2-14/h7-13,16-18,21-22H,2-6,14-15H2,1H3/t7-,8?,9-,10-,11?,12?,13-/m1/s1. The second-order valence-electron chi connectivity index (χ2n) is 6.50. The molecule has 3 fully saturated rings. The summed E-state index contributed by atoms with van der Waals surface area (Å²) in [6.07, 6.45) is -3.06. The minimum atomic E-state index is -0.959. The molecular formula is C13H29N7O3. The Hall–Kier alpha value is -0.400. The Morgan fingerprint density at radius 1 is 1.26 bits per heavy atom. The first kappa shape index (κ1) is 17.4. The molecule has 9 N–H and O–H groups in total. The summed E-state index contributed by atoms with van der Waals surface area (Å²) in [5.74, 6) is 0. The number of aliphatic hydroxyl groups excluding tert-OH is 2. The van der Waals surface area contributed by atoms with E-state index in [4.69, 9.17) is 16.2 Å². The Morgan fingerprint density at radius 3 is 2.78 bits per heavy atom. The first-order chi connectivity index (χ1) is 11.0. The normalized spacial score (nSPS) is 45.5. The molecule has 10 nitrogen and oxygen atoms in total. The van der Waals surface area contributed by atoms with Gasteiger partial charge in [0.05, 0.1) is 31.7 Å². The Balaban J connectivity index is 1.66. The van der Waals surface area contributed by atoms with Crippen LogP contribution in [0.25, 0.3) is 0 Å². The molecule has 0 aliphatic carbocycles. The van der Waals surface area contributed by atoms with Gasteiger partial charge in [-0.3, -0.25) is 15.5 Å². The molecule has 7 atom stereocenters. The average Bonchev–Trinajstić information content (AvgIpc) is 3.09. The van der Waals surface area contributed by atoms with Gasteiger partial charge in [-0.05, 0) is 7.05 Å². The second-order valence-corrected chi connectivity index (χ2v) is 6.50. The molecule has 10 heteroatoms. The lowest BCUT2D eigenvalue weighted by Gasteiger charge is -2.43. The molecule has 0 saturated carbocycles. The van der Waals surface area contributed by atoms with Gasteiger partial charge in [-0.15, -0.1) is 0 Å². The van der Waals surface area contributed by atoms with Crippen LogP contribution < -0.4 is 27.4 Å². The predicted molar refractivity (Wildman–Crippen MR) is 83.8 cm³/mol. The molecule has 3 saturated heterocycles. The van der Waals surface area contributed by atoms with Gasteiger partial charge in [-0.1, -0.05) is 0 Å². The third kappa shape index (κ3) is 3.24. The number of rotatable bonds is 5. The van der Waals surface area contributed by atoms with E-state index in [1.165, 1.54) is 0 Å². The predicted octanol–water partition coefficient (Wildman–Crippen LogP) is -4.68. The molecule has 3 aliphatic heterocycles. The fourth-order valence-corrected chi connectivity index (χ4v) is 3.68. The zero-order valence-electron chi connectivity index (χ0n) is 13.4. The highest BCUT2D eigenvalue weighted by atomic mass is 16.6. The van der Waals surface area contributed by atoms with Crippen molar-refractivity contribution in [2.24, 2.45) is 11.5 Å². The summed E-state index contributed by atoms with van der Waals surface area (Å²) in [6, 6.07) is 0.0381. The van der Waals surface area contributed by atoms with Gasteiger partial charge in [0.2, 0.25) is 0 Å². The van der Waals surface area contributed by atoms with Crippen molar-refractivity contribution in [1.29, 1.82) is 0 Å². The highest BCUT2D eigenvalue weighted by Gasteiger charge is 2.52. The van der Waals surface area contributed by atoms with Crippen LogP contribution in [0.5, 0.6) is 0 Å². The molecule has 0 aromatic carbocycles. The van der Waals surface area contributed by atoms with E-state index in [2.05, 4.69) is 20.9 Å². The van der Waals surface area contributed by atoms with E-state index >= 15 is 0 Å². The van der Waals surface area contributed by atoms with Gasteiger partial charge in [-0.2, -0.15) is 0 Å². The number of fused-ring (bicyclic) bond motifs is 1. The lowest BCUT2D eigenvalue weighted by Crippen LogP contribution is -2.68. The Kier molecular flexibility index (Phi) is 5.48. The van der Waals surface area contributed by atoms with E-state index in [9.17, 15) is 10.2 Å². The van der Waals surface area contributed by atoms with Crippen molar-refractivity contribution in [3.63, 3.8) is 0 Å².